The van der Waals surface area contributed by atoms with Crippen LogP contribution in [0.4, 0.5) is 0 Å². The van der Waals surface area contributed by atoms with Gasteiger partial charge in [0.25, 0.3) is 0 Å². The van der Waals surface area contributed by atoms with E-state index in [0.29, 0.717) is 39.6 Å². The summed E-state index contributed by atoms with van der Waals surface area (Å²) >= 11 is 0. The van der Waals surface area contributed by atoms with E-state index in [1.165, 1.54) is 11.1 Å². The second-order valence-electron chi connectivity index (χ2n) is 7.57. The number of benzene rings is 2. The molecule has 2 fully saturated rings. The fourth-order valence-electron chi connectivity index (χ4n) is 3.09. The molecule has 2 saturated heterocycles. The minimum absolute atomic E-state index is 0.295. The lowest BCUT2D eigenvalue weighted by molar-refractivity contribution is -0.0772. The van der Waals surface area contributed by atoms with Crippen LogP contribution in [0.3, 0.4) is 0 Å². The van der Waals surface area contributed by atoms with Crippen LogP contribution in [0, 0.1) is 19.3 Å². The van der Waals surface area contributed by atoms with Crippen molar-refractivity contribution in [2.75, 3.05) is 26.4 Å². The van der Waals surface area contributed by atoms with E-state index < -0.39 is 17.2 Å². The maximum absolute atomic E-state index is 5.83. The summed E-state index contributed by atoms with van der Waals surface area (Å²) in [7, 11) is -2.69. The summed E-state index contributed by atoms with van der Waals surface area (Å²) in [6.45, 7) is 7.06. The number of rotatable bonds is 6. The average Bonchev–Trinajstić information content (AvgIpc) is 2.73. The Morgan fingerprint density at radius 2 is 1.14 bits per heavy atom. The molecule has 8 heteroatoms. The van der Waals surface area contributed by atoms with Crippen molar-refractivity contribution in [3.05, 3.63) is 70.8 Å². The molecule has 0 aliphatic carbocycles. The van der Waals surface area contributed by atoms with Gasteiger partial charge in [-0.3, -0.25) is 0 Å². The molecule has 29 heavy (non-hydrogen) atoms. The van der Waals surface area contributed by atoms with Gasteiger partial charge in [0.05, 0.1) is 45.1 Å². The molecule has 2 aliphatic rings. The highest BCUT2D eigenvalue weighted by molar-refractivity contribution is 7.42. The van der Waals surface area contributed by atoms with Crippen LogP contribution < -0.4 is 0 Å². The smallest absolute Gasteiger partial charge is 0.311 e. The van der Waals surface area contributed by atoms with Gasteiger partial charge in [-0.25, -0.2) is 0 Å². The van der Waals surface area contributed by atoms with E-state index in [1.54, 1.807) is 0 Å². The SMILES string of the molecule is Cc1cccc(COP2OCC3(CO2)COP(OCc2cccc(C)c2)OC3)c1. The summed E-state index contributed by atoms with van der Waals surface area (Å²) in [5.41, 5.74) is 4.35. The molecule has 4 rings (SSSR count). The van der Waals surface area contributed by atoms with Crippen molar-refractivity contribution in [3.63, 3.8) is 0 Å². The van der Waals surface area contributed by atoms with Crippen molar-refractivity contribution in [1.29, 1.82) is 0 Å². The molecule has 0 amide bonds. The minimum atomic E-state index is -1.34. The first-order chi connectivity index (χ1) is 14.1. The van der Waals surface area contributed by atoms with Crippen LogP contribution in [0.5, 0.6) is 0 Å². The van der Waals surface area contributed by atoms with E-state index in [0.717, 1.165) is 11.1 Å². The molecular formula is C21H26O6P2. The fraction of sp³-hybridized carbons (Fsp3) is 0.429. The number of aryl methyl sites for hydroxylation is 2. The van der Waals surface area contributed by atoms with Crippen LogP contribution in [0.15, 0.2) is 48.5 Å². The van der Waals surface area contributed by atoms with E-state index >= 15 is 0 Å². The van der Waals surface area contributed by atoms with Crippen molar-refractivity contribution >= 4 is 17.2 Å². The molecule has 2 aromatic rings. The van der Waals surface area contributed by atoms with Crippen LogP contribution in [-0.4, -0.2) is 26.4 Å². The molecule has 1 spiro atoms. The number of hydrogen-bond donors (Lipinski definition) is 0. The van der Waals surface area contributed by atoms with Gasteiger partial charge in [0.15, 0.2) is 0 Å². The lowest BCUT2D eigenvalue weighted by Gasteiger charge is -2.41. The van der Waals surface area contributed by atoms with Gasteiger partial charge in [-0.1, -0.05) is 59.7 Å². The van der Waals surface area contributed by atoms with Gasteiger partial charge in [0.2, 0.25) is 0 Å². The van der Waals surface area contributed by atoms with Gasteiger partial charge in [-0.15, -0.1) is 0 Å². The van der Waals surface area contributed by atoms with Crippen molar-refractivity contribution in [3.8, 4) is 0 Å². The zero-order valence-electron chi connectivity index (χ0n) is 16.7. The highest BCUT2D eigenvalue weighted by Gasteiger charge is 2.44. The lowest BCUT2D eigenvalue weighted by Crippen LogP contribution is -2.44. The molecule has 0 N–H and O–H groups in total. The van der Waals surface area contributed by atoms with Gasteiger partial charge < -0.3 is 27.1 Å². The van der Waals surface area contributed by atoms with Gasteiger partial charge in [0.1, 0.15) is 0 Å². The van der Waals surface area contributed by atoms with Crippen LogP contribution in [0.2, 0.25) is 0 Å². The molecule has 0 radical (unpaired) electrons. The Labute approximate surface area is 174 Å². The van der Waals surface area contributed by atoms with Crippen LogP contribution in [0.25, 0.3) is 0 Å². The Kier molecular flexibility index (Phi) is 7.28. The Morgan fingerprint density at radius 3 is 1.52 bits per heavy atom. The molecule has 2 aromatic carbocycles. The van der Waals surface area contributed by atoms with E-state index in [-0.39, 0.29) is 5.41 Å². The first-order valence-corrected chi connectivity index (χ1v) is 11.8. The van der Waals surface area contributed by atoms with Crippen LogP contribution >= 0.6 is 17.2 Å². The molecule has 0 unspecified atom stereocenters. The van der Waals surface area contributed by atoms with Crippen molar-refractivity contribution in [2.24, 2.45) is 5.41 Å². The highest BCUT2D eigenvalue weighted by atomic mass is 31.2. The topological polar surface area (TPSA) is 55.4 Å². The third kappa shape index (κ3) is 6.04. The molecule has 2 heterocycles. The van der Waals surface area contributed by atoms with E-state index in [1.807, 2.05) is 24.3 Å². The van der Waals surface area contributed by atoms with Gasteiger partial charge in [-0.2, -0.15) is 0 Å². The monoisotopic (exact) mass is 436 g/mol. The largest absolute Gasteiger partial charge is 0.333 e. The van der Waals surface area contributed by atoms with Gasteiger partial charge in [0, 0.05) is 0 Å². The Morgan fingerprint density at radius 1 is 0.724 bits per heavy atom. The van der Waals surface area contributed by atoms with Crippen LogP contribution in [0.1, 0.15) is 22.3 Å². The Balaban J connectivity index is 1.18. The predicted molar refractivity (Wildman–Crippen MR) is 112 cm³/mol. The van der Waals surface area contributed by atoms with Crippen molar-refractivity contribution in [1.82, 2.24) is 0 Å². The molecule has 0 bridgehead atoms. The van der Waals surface area contributed by atoms with Crippen LogP contribution in [-0.2, 0) is 40.4 Å². The van der Waals surface area contributed by atoms with Crippen molar-refractivity contribution < 1.29 is 27.1 Å². The first kappa shape index (κ1) is 21.3. The van der Waals surface area contributed by atoms with E-state index in [9.17, 15) is 0 Å². The fourth-order valence-corrected chi connectivity index (χ4v) is 5.56. The predicted octanol–water partition coefficient (Wildman–Crippen LogP) is 5.57. The lowest BCUT2D eigenvalue weighted by atomic mass is 9.93. The minimum Gasteiger partial charge on any atom is -0.311 e. The Bertz CT molecular complexity index is 730. The number of hydrogen-bond acceptors (Lipinski definition) is 6. The van der Waals surface area contributed by atoms with Crippen molar-refractivity contribution in [2.45, 2.75) is 27.1 Å². The van der Waals surface area contributed by atoms with Gasteiger partial charge in [-0.05, 0) is 25.0 Å². The molecule has 0 atom stereocenters. The van der Waals surface area contributed by atoms with E-state index in [4.69, 9.17) is 27.1 Å². The first-order valence-electron chi connectivity index (χ1n) is 9.59. The average molecular weight is 436 g/mol. The summed E-state index contributed by atoms with van der Waals surface area (Å²) < 4.78 is 34.9. The standard InChI is InChI=1S/C21H26O6P2/c1-17-5-3-7-19(9-17)11-22-28-24-13-21(14-25-28)15-26-29(27-16-21)23-12-20-8-4-6-18(2)10-20/h3-10H,11-16H2,1-2H3. The Hall–Kier alpha value is -0.940. The molecule has 0 saturated carbocycles. The summed E-state index contributed by atoms with van der Waals surface area (Å²) in [6.07, 6.45) is 0. The third-order valence-electron chi connectivity index (χ3n) is 4.74. The molecule has 156 valence electrons. The highest BCUT2D eigenvalue weighted by Crippen LogP contribution is 2.53. The maximum Gasteiger partial charge on any atom is 0.333 e. The summed E-state index contributed by atoms with van der Waals surface area (Å²) in [6, 6.07) is 16.4. The zero-order valence-corrected chi connectivity index (χ0v) is 18.5. The third-order valence-corrected chi connectivity index (χ3v) is 6.78. The van der Waals surface area contributed by atoms with E-state index in [2.05, 4.69) is 38.1 Å². The molecule has 0 aromatic heterocycles. The molecular weight excluding hydrogens is 410 g/mol. The second kappa shape index (κ2) is 9.91. The zero-order chi connectivity index (χ0) is 20.1. The normalized spacial score (nSPS) is 27.2. The molecule has 2 aliphatic heterocycles. The summed E-state index contributed by atoms with van der Waals surface area (Å²) in [5.74, 6) is 0. The summed E-state index contributed by atoms with van der Waals surface area (Å²) in [4.78, 5) is 0. The quantitative estimate of drug-likeness (QED) is 0.552. The van der Waals surface area contributed by atoms with Gasteiger partial charge >= 0.3 is 17.2 Å². The second-order valence-corrected chi connectivity index (χ2v) is 10.0. The molecule has 6 nitrogen and oxygen atoms in total. The maximum atomic E-state index is 5.83. The summed E-state index contributed by atoms with van der Waals surface area (Å²) in [5, 5.41) is 0.